The number of fused-ring (bicyclic) bond motifs is 2. The molecule has 0 radical (unpaired) electrons. The lowest BCUT2D eigenvalue weighted by Gasteiger charge is -2.46. The summed E-state index contributed by atoms with van der Waals surface area (Å²) in [5.74, 6) is -1.43. The minimum atomic E-state index is -2.12. The van der Waals surface area contributed by atoms with Crippen LogP contribution in [-0.4, -0.2) is 38.1 Å². The van der Waals surface area contributed by atoms with Gasteiger partial charge in [-0.2, -0.15) is 0 Å². The number of carbonyl (C=O) groups excluding carboxylic acids is 1. The van der Waals surface area contributed by atoms with Gasteiger partial charge in [-0.05, 0) is 22.9 Å². The molecule has 3 aromatic rings. The summed E-state index contributed by atoms with van der Waals surface area (Å²) < 4.78 is 11.1. The molecule has 164 valence electrons. The predicted octanol–water partition coefficient (Wildman–Crippen LogP) is 2.89. The first kappa shape index (κ1) is 21.0. The molecule has 0 fully saturated rings. The second-order valence-electron chi connectivity index (χ2n) is 7.93. The summed E-state index contributed by atoms with van der Waals surface area (Å²) in [6.07, 6.45) is 2.08. The molecule has 0 aliphatic heterocycles. The number of aliphatic hydroxyl groups is 2. The van der Waals surface area contributed by atoms with Crippen molar-refractivity contribution in [2.75, 3.05) is 0 Å². The summed E-state index contributed by atoms with van der Waals surface area (Å²) in [5.41, 5.74) is 5.11. The second-order valence-corrected chi connectivity index (χ2v) is 9.18. The smallest absolute Gasteiger partial charge is 0.265 e. The van der Waals surface area contributed by atoms with Crippen molar-refractivity contribution >= 4 is 17.5 Å². The molecule has 32 heavy (non-hydrogen) atoms. The quantitative estimate of drug-likeness (QED) is 0.508. The summed E-state index contributed by atoms with van der Waals surface area (Å²) in [6.45, 7) is 0.166. The number of ether oxygens (including phenoxy) is 1. The zero-order valence-corrected chi connectivity index (χ0v) is 17.8. The summed E-state index contributed by atoms with van der Waals surface area (Å²) in [7, 11) is 0. The first-order chi connectivity index (χ1) is 15.5. The van der Waals surface area contributed by atoms with Crippen LogP contribution in [0.1, 0.15) is 27.7 Å². The number of aromatic nitrogens is 1. The summed E-state index contributed by atoms with van der Waals surface area (Å²) >= 11 is 1.37. The number of rotatable bonds is 5. The Morgan fingerprint density at radius 1 is 1.09 bits per heavy atom. The lowest BCUT2D eigenvalue weighted by atomic mass is 9.65. The SMILES string of the molecule is N[C@@H]1c2onc(OCc3ccccc3)c2C(=O)[C@@]2(O)[C@H](O)[C@H](Sc3ccccc3)C=C[C@@H]12. The molecular formula is C24H22N2O5S. The largest absolute Gasteiger partial charge is 0.470 e. The van der Waals surface area contributed by atoms with Gasteiger partial charge in [0.15, 0.2) is 11.4 Å². The Balaban J connectivity index is 1.45. The molecule has 0 saturated heterocycles. The number of hydrogen-bond acceptors (Lipinski definition) is 8. The predicted molar refractivity (Wildman–Crippen MR) is 118 cm³/mol. The Hall–Kier alpha value is -2.91. The third-order valence-corrected chi connectivity index (χ3v) is 7.21. The van der Waals surface area contributed by atoms with E-state index in [4.69, 9.17) is 15.0 Å². The van der Waals surface area contributed by atoms with Gasteiger partial charge in [-0.1, -0.05) is 60.7 Å². The molecule has 4 N–H and O–H groups in total. The molecule has 1 heterocycles. The van der Waals surface area contributed by atoms with Crippen molar-refractivity contribution in [3.05, 3.63) is 89.7 Å². The fraction of sp³-hybridized carbons (Fsp3) is 0.250. The van der Waals surface area contributed by atoms with Crippen LogP contribution in [0.3, 0.4) is 0 Å². The van der Waals surface area contributed by atoms with Crippen molar-refractivity contribution in [3.8, 4) is 5.88 Å². The van der Waals surface area contributed by atoms with Crippen molar-refractivity contribution in [2.45, 2.75) is 34.5 Å². The molecule has 0 spiro atoms. The van der Waals surface area contributed by atoms with Gasteiger partial charge in [0.1, 0.15) is 18.3 Å². The highest BCUT2D eigenvalue weighted by Gasteiger charge is 2.61. The lowest BCUT2D eigenvalue weighted by Crippen LogP contribution is -2.63. The average Bonchev–Trinajstić information content (AvgIpc) is 3.25. The molecule has 2 aliphatic carbocycles. The van der Waals surface area contributed by atoms with Crippen LogP contribution in [0.2, 0.25) is 0 Å². The number of Topliss-reactive ketones (excluding diaryl/α,β-unsaturated/α-hetero) is 1. The number of carbonyl (C=O) groups is 1. The van der Waals surface area contributed by atoms with Crippen molar-refractivity contribution in [1.82, 2.24) is 5.16 Å². The third kappa shape index (κ3) is 3.36. The van der Waals surface area contributed by atoms with Crippen LogP contribution in [0.25, 0.3) is 0 Å². The van der Waals surface area contributed by atoms with E-state index >= 15 is 0 Å². The molecule has 5 rings (SSSR count). The summed E-state index contributed by atoms with van der Waals surface area (Å²) in [4.78, 5) is 14.4. The van der Waals surface area contributed by atoms with E-state index in [1.54, 1.807) is 12.2 Å². The van der Waals surface area contributed by atoms with Crippen LogP contribution < -0.4 is 10.5 Å². The topological polar surface area (TPSA) is 119 Å². The van der Waals surface area contributed by atoms with Gasteiger partial charge >= 0.3 is 0 Å². The Bertz CT molecular complexity index is 1150. The van der Waals surface area contributed by atoms with Gasteiger partial charge in [0, 0.05) is 10.8 Å². The van der Waals surface area contributed by atoms with Gasteiger partial charge in [0.2, 0.25) is 5.78 Å². The number of nitrogens with zero attached hydrogens (tertiary/aromatic N) is 1. The van der Waals surface area contributed by atoms with Crippen molar-refractivity contribution in [1.29, 1.82) is 0 Å². The maximum Gasteiger partial charge on any atom is 0.265 e. The Morgan fingerprint density at radius 2 is 1.78 bits per heavy atom. The van der Waals surface area contributed by atoms with E-state index < -0.39 is 34.7 Å². The second kappa shape index (κ2) is 8.22. The normalized spacial score (nSPS) is 28.8. The van der Waals surface area contributed by atoms with E-state index in [2.05, 4.69) is 5.16 Å². The first-order valence-electron chi connectivity index (χ1n) is 10.3. The molecule has 2 aliphatic rings. The van der Waals surface area contributed by atoms with Gasteiger partial charge < -0.3 is 25.2 Å². The highest BCUT2D eigenvalue weighted by Crippen LogP contribution is 2.49. The van der Waals surface area contributed by atoms with Gasteiger partial charge in [-0.3, -0.25) is 4.79 Å². The maximum absolute atomic E-state index is 13.5. The fourth-order valence-electron chi connectivity index (χ4n) is 4.28. The number of aliphatic hydroxyl groups excluding tert-OH is 1. The van der Waals surface area contributed by atoms with Crippen molar-refractivity contribution in [3.63, 3.8) is 0 Å². The zero-order valence-electron chi connectivity index (χ0n) is 17.0. The third-order valence-electron chi connectivity index (χ3n) is 5.98. The van der Waals surface area contributed by atoms with Crippen molar-refractivity contribution in [2.24, 2.45) is 11.7 Å². The molecule has 0 unspecified atom stereocenters. The standard InChI is InChI=1S/C24H22N2O5S/c25-19-16-11-12-17(32-15-9-5-2-6-10-15)21(27)24(16,29)22(28)18-20(19)31-26-23(18)30-13-14-7-3-1-4-8-14/h1-12,16-17,19,21,27,29H,13,25H2/t16-,17+,19-,21+,24-/m0/s1. The van der Waals surface area contributed by atoms with Crippen LogP contribution in [0.15, 0.2) is 82.2 Å². The van der Waals surface area contributed by atoms with Gasteiger partial charge in [0.25, 0.3) is 5.88 Å². The molecule has 0 bridgehead atoms. The Morgan fingerprint density at radius 3 is 2.50 bits per heavy atom. The lowest BCUT2D eigenvalue weighted by molar-refractivity contribution is -0.0851. The minimum absolute atomic E-state index is 0.00927. The highest BCUT2D eigenvalue weighted by atomic mass is 32.2. The fourth-order valence-corrected chi connectivity index (χ4v) is 5.41. The molecular weight excluding hydrogens is 428 g/mol. The number of ketones is 1. The molecule has 5 atom stereocenters. The van der Waals surface area contributed by atoms with E-state index in [9.17, 15) is 15.0 Å². The monoisotopic (exact) mass is 450 g/mol. The van der Waals surface area contributed by atoms with Gasteiger partial charge in [-0.15, -0.1) is 11.8 Å². The summed E-state index contributed by atoms with van der Waals surface area (Å²) in [5, 5.41) is 26.1. The first-order valence-corrected chi connectivity index (χ1v) is 11.1. The van der Waals surface area contributed by atoms with Crippen LogP contribution in [0, 0.1) is 5.92 Å². The number of nitrogens with two attached hydrogens (primary N) is 1. The van der Waals surface area contributed by atoms with E-state index in [0.717, 1.165) is 10.5 Å². The van der Waals surface area contributed by atoms with Crippen molar-refractivity contribution < 1.29 is 24.3 Å². The van der Waals surface area contributed by atoms with E-state index in [1.165, 1.54) is 11.8 Å². The molecule has 0 amide bonds. The Labute approximate surface area is 188 Å². The highest BCUT2D eigenvalue weighted by molar-refractivity contribution is 8.00. The molecule has 0 saturated carbocycles. The van der Waals surface area contributed by atoms with Gasteiger partial charge in [-0.25, -0.2) is 0 Å². The van der Waals surface area contributed by atoms with Crippen LogP contribution in [-0.2, 0) is 6.61 Å². The minimum Gasteiger partial charge on any atom is -0.470 e. The Kier molecular flexibility index (Phi) is 5.38. The van der Waals surface area contributed by atoms with E-state index in [0.29, 0.717) is 0 Å². The molecule has 1 aromatic heterocycles. The molecule has 7 nitrogen and oxygen atoms in total. The zero-order chi connectivity index (χ0) is 22.3. The van der Waals surface area contributed by atoms with E-state index in [1.807, 2.05) is 60.7 Å². The number of benzene rings is 2. The van der Waals surface area contributed by atoms with E-state index in [-0.39, 0.29) is 23.8 Å². The summed E-state index contributed by atoms with van der Waals surface area (Å²) in [6, 6.07) is 18.0. The van der Waals surface area contributed by atoms with Crippen LogP contribution in [0.5, 0.6) is 5.88 Å². The number of thioether (sulfide) groups is 1. The average molecular weight is 451 g/mol. The molecule has 8 heteroatoms. The van der Waals surface area contributed by atoms with Crippen LogP contribution >= 0.6 is 11.8 Å². The maximum atomic E-state index is 13.5. The number of hydrogen-bond donors (Lipinski definition) is 3. The molecule has 2 aromatic carbocycles. The van der Waals surface area contributed by atoms with Gasteiger partial charge in [0.05, 0.1) is 11.3 Å². The van der Waals surface area contributed by atoms with Crippen LogP contribution in [0.4, 0.5) is 0 Å².